The molecule has 0 aromatic heterocycles. The van der Waals surface area contributed by atoms with Crippen molar-refractivity contribution in [3.05, 3.63) is 72.3 Å². The summed E-state index contributed by atoms with van der Waals surface area (Å²) in [5.74, 6) is -0.290. The summed E-state index contributed by atoms with van der Waals surface area (Å²) in [6, 6.07) is 8.84. The van der Waals surface area contributed by atoms with Crippen molar-refractivity contribution < 1.29 is 24.6 Å². The molecule has 0 aliphatic rings. The summed E-state index contributed by atoms with van der Waals surface area (Å²) in [5, 5.41) is 40.2. The summed E-state index contributed by atoms with van der Waals surface area (Å²) < 4.78 is 5.58. The Kier molecular flexibility index (Phi) is 7.54. The fourth-order valence-electron chi connectivity index (χ4n) is 1.96. The van der Waals surface area contributed by atoms with Crippen LogP contribution in [0.3, 0.4) is 0 Å². The second-order valence-corrected chi connectivity index (χ2v) is 6.65. The Bertz CT molecular complexity index is 889. The highest BCUT2D eigenvalue weighted by molar-refractivity contribution is 5.64. The van der Waals surface area contributed by atoms with Gasteiger partial charge in [-0.2, -0.15) is 0 Å². The van der Waals surface area contributed by atoms with E-state index in [0.717, 1.165) is 11.3 Å². The Morgan fingerprint density at radius 3 is 1.86 bits per heavy atom. The summed E-state index contributed by atoms with van der Waals surface area (Å²) in [4.78, 5) is 27.8. The molecule has 3 N–H and O–H groups in total. The van der Waals surface area contributed by atoms with Crippen molar-refractivity contribution in [3.8, 4) is 11.5 Å². The third kappa shape index (κ3) is 7.03. The maximum absolute atomic E-state index is 10.4. The van der Waals surface area contributed by atoms with Gasteiger partial charge in [0.05, 0.1) is 26.9 Å². The minimum absolute atomic E-state index is 0.276. The molecule has 0 bridgehead atoms. The molecule has 2 aromatic rings. The maximum Gasteiger partial charge on any atom is 0.324 e. The van der Waals surface area contributed by atoms with Crippen molar-refractivity contribution >= 4 is 17.1 Å². The molecule has 0 radical (unpaired) electrons. The van der Waals surface area contributed by atoms with E-state index >= 15 is 0 Å². The highest BCUT2D eigenvalue weighted by Crippen LogP contribution is 2.38. The number of aryl methyl sites for hydroxylation is 1. The average Bonchev–Trinajstić information content (AvgIpc) is 2.60. The molecule has 0 atom stereocenters. The molecule has 0 saturated heterocycles. The normalized spacial score (nSPS) is 10.5. The summed E-state index contributed by atoms with van der Waals surface area (Å²) >= 11 is 0. The van der Waals surface area contributed by atoms with E-state index in [1.165, 1.54) is 0 Å². The van der Waals surface area contributed by atoms with E-state index in [0.29, 0.717) is 18.7 Å². The number of phenolic OH excluding ortho intramolecular Hbond substituents is 1. The topological polar surface area (TPSA) is 185 Å². The SMILES string of the molecule is Cc1ccccc1OCC(C)(C)N.O=[N+]([O-])c1cc([N+](=O)[O-])c(O)c([N+](=O)[O-])c1. The van der Waals surface area contributed by atoms with Crippen LogP contribution in [-0.2, 0) is 0 Å². The zero-order valence-electron chi connectivity index (χ0n) is 15.9. The van der Waals surface area contributed by atoms with Crippen molar-refractivity contribution in [1.82, 2.24) is 0 Å². The number of nitro benzene ring substituents is 3. The largest absolute Gasteiger partial charge is 0.497 e. The fraction of sp³-hybridized carbons (Fsp3) is 0.294. The molecular formula is C17H20N4O8. The number of rotatable bonds is 6. The number of benzene rings is 2. The molecule has 0 fully saturated rings. The van der Waals surface area contributed by atoms with Gasteiger partial charge in [0.15, 0.2) is 0 Å². The molecule has 0 aliphatic carbocycles. The van der Waals surface area contributed by atoms with Crippen LogP contribution in [0.15, 0.2) is 36.4 Å². The lowest BCUT2D eigenvalue weighted by Crippen LogP contribution is -2.38. The maximum atomic E-state index is 10.4. The third-order valence-electron chi connectivity index (χ3n) is 3.35. The minimum atomic E-state index is -1.21. The van der Waals surface area contributed by atoms with Crippen molar-refractivity contribution in [2.24, 2.45) is 5.73 Å². The number of ether oxygens (including phenoxy) is 1. The van der Waals surface area contributed by atoms with Gasteiger partial charge in [-0.1, -0.05) is 18.2 Å². The van der Waals surface area contributed by atoms with E-state index < -0.39 is 37.6 Å². The van der Waals surface area contributed by atoms with Crippen LogP contribution in [0, 0.1) is 37.3 Å². The quantitative estimate of drug-likeness (QED) is 0.534. The molecule has 12 heteroatoms. The van der Waals surface area contributed by atoms with Gasteiger partial charge in [0.25, 0.3) is 11.4 Å². The van der Waals surface area contributed by atoms with E-state index in [2.05, 4.69) is 0 Å². The van der Waals surface area contributed by atoms with Gasteiger partial charge in [0.2, 0.25) is 0 Å². The standard InChI is InChI=1S/C11H17NO.C6H3N3O7/c1-9-6-4-5-7-10(9)13-8-11(2,3)12;10-6-4(8(13)14)1-3(7(11)12)2-5(6)9(15)16/h4-7H,8,12H2,1-3H3;1-2,10H. The van der Waals surface area contributed by atoms with Gasteiger partial charge in [0.1, 0.15) is 12.4 Å². The van der Waals surface area contributed by atoms with E-state index in [-0.39, 0.29) is 5.54 Å². The first kappa shape index (κ1) is 23.2. The van der Waals surface area contributed by atoms with Crippen LogP contribution in [-0.4, -0.2) is 32.0 Å². The molecule has 2 rings (SSSR count). The Labute approximate surface area is 165 Å². The molecule has 0 spiro atoms. The first-order chi connectivity index (χ1) is 13.3. The van der Waals surface area contributed by atoms with Crippen LogP contribution in [0.1, 0.15) is 19.4 Å². The average molecular weight is 408 g/mol. The summed E-state index contributed by atoms with van der Waals surface area (Å²) in [5.41, 5.74) is 3.68. The number of nitrogens with zero attached hydrogens (tertiary/aromatic N) is 3. The molecule has 0 saturated carbocycles. The smallest absolute Gasteiger partial charge is 0.324 e. The van der Waals surface area contributed by atoms with Gasteiger partial charge >= 0.3 is 11.4 Å². The second kappa shape index (κ2) is 9.41. The van der Waals surface area contributed by atoms with Crippen molar-refractivity contribution in [1.29, 1.82) is 0 Å². The Morgan fingerprint density at radius 2 is 1.48 bits per heavy atom. The van der Waals surface area contributed by atoms with Gasteiger partial charge in [-0.05, 0) is 32.4 Å². The Hall–Kier alpha value is -3.80. The van der Waals surface area contributed by atoms with Crippen molar-refractivity contribution in [2.75, 3.05) is 6.61 Å². The first-order valence-electron chi connectivity index (χ1n) is 8.11. The van der Waals surface area contributed by atoms with Gasteiger partial charge in [-0.25, -0.2) is 0 Å². The predicted molar refractivity (Wildman–Crippen MR) is 103 cm³/mol. The molecule has 156 valence electrons. The van der Waals surface area contributed by atoms with Crippen LogP contribution >= 0.6 is 0 Å². The molecule has 0 aliphatic heterocycles. The zero-order valence-corrected chi connectivity index (χ0v) is 15.9. The second-order valence-electron chi connectivity index (χ2n) is 6.65. The minimum Gasteiger partial charge on any atom is -0.497 e. The third-order valence-corrected chi connectivity index (χ3v) is 3.35. The fourth-order valence-corrected chi connectivity index (χ4v) is 1.96. The van der Waals surface area contributed by atoms with E-state index in [4.69, 9.17) is 15.6 Å². The van der Waals surface area contributed by atoms with E-state index in [1.54, 1.807) is 0 Å². The predicted octanol–water partition coefficient (Wildman–Crippen LogP) is 3.23. The van der Waals surface area contributed by atoms with Gasteiger partial charge in [-0.3, -0.25) is 30.3 Å². The molecule has 12 nitrogen and oxygen atoms in total. The van der Waals surface area contributed by atoms with E-state index in [1.807, 2.05) is 45.0 Å². The first-order valence-corrected chi connectivity index (χ1v) is 8.11. The monoisotopic (exact) mass is 408 g/mol. The number of aromatic hydroxyl groups is 1. The molecule has 2 aromatic carbocycles. The summed E-state index contributed by atoms with van der Waals surface area (Å²) in [7, 11) is 0. The van der Waals surface area contributed by atoms with Gasteiger partial charge in [-0.15, -0.1) is 0 Å². The molecule has 0 heterocycles. The van der Waals surface area contributed by atoms with E-state index in [9.17, 15) is 30.3 Å². The molecule has 0 amide bonds. The lowest BCUT2D eigenvalue weighted by Gasteiger charge is -2.19. The molecule has 29 heavy (non-hydrogen) atoms. The van der Waals surface area contributed by atoms with Crippen molar-refractivity contribution in [2.45, 2.75) is 26.3 Å². The van der Waals surface area contributed by atoms with Crippen LogP contribution in [0.4, 0.5) is 17.1 Å². The molecule has 0 unspecified atom stereocenters. The molecular weight excluding hydrogens is 388 g/mol. The Morgan fingerprint density at radius 1 is 1.00 bits per heavy atom. The number of phenols is 1. The number of nitro groups is 3. The number of hydrogen-bond acceptors (Lipinski definition) is 9. The number of non-ortho nitro benzene ring substituents is 1. The summed E-state index contributed by atoms with van der Waals surface area (Å²) in [6.45, 7) is 6.47. The highest BCUT2D eigenvalue weighted by atomic mass is 16.6. The Balaban J connectivity index is 0.000000296. The van der Waals surface area contributed by atoms with Crippen LogP contribution in [0.2, 0.25) is 0 Å². The lowest BCUT2D eigenvalue weighted by molar-refractivity contribution is -0.404. The number of hydrogen-bond donors (Lipinski definition) is 2. The number of nitrogens with two attached hydrogens (primary N) is 1. The van der Waals surface area contributed by atoms with Crippen molar-refractivity contribution in [3.63, 3.8) is 0 Å². The van der Waals surface area contributed by atoms with Crippen LogP contribution in [0.5, 0.6) is 11.5 Å². The zero-order chi connectivity index (χ0) is 22.4. The van der Waals surface area contributed by atoms with Gasteiger partial charge < -0.3 is 15.6 Å². The van der Waals surface area contributed by atoms with Crippen LogP contribution in [0.25, 0.3) is 0 Å². The van der Waals surface area contributed by atoms with Gasteiger partial charge in [0, 0.05) is 5.54 Å². The number of para-hydroxylation sites is 1. The highest BCUT2D eigenvalue weighted by Gasteiger charge is 2.30. The summed E-state index contributed by atoms with van der Waals surface area (Å²) in [6.07, 6.45) is 0. The lowest BCUT2D eigenvalue weighted by atomic mass is 10.1. The van der Waals surface area contributed by atoms with Crippen LogP contribution < -0.4 is 10.5 Å².